The van der Waals surface area contributed by atoms with E-state index in [1.165, 1.54) is 0 Å². The molecule has 11 heteroatoms. The minimum atomic E-state index is -1.37. The third-order valence-corrected chi connectivity index (χ3v) is 14.4. The van der Waals surface area contributed by atoms with Crippen LogP contribution in [0.2, 0.25) is 0 Å². The van der Waals surface area contributed by atoms with Gasteiger partial charge in [0, 0.05) is 30.1 Å². The van der Waals surface area contributed by atoms with Crippen molar-refractivity contribution in [3.63, 3.8) is 0 Å². The number of carbonyl (C=O) groups is 2. The predicted octanol–water partition coefficient (Wildman–Crippen LogP) is 6.19. The number of carboxylic acids is 1. The van der Waals surface area contributed by atoms with Gasteiger partial charge in [-0.3, -0.25) is 9.59 Å². The molecule has 0 saturated carbocycles. The second kappa shape index (κ2) is 16.2. The van der Waals surface area contributed by atoms with Gasteiger partial charge in [0.15, 0.2) is 5.79 Å². The Bertz CT molecular complexity index is 1320. The zero-order valence-electron chi connectivity index (χ0n) is 34.0. The monoisotopic (exact) mass is 750 g/mol. The van der Waals surface area contributed by atoms with E-state index in [0.717, 1.165) is 6.42 Å². The molecule has 11 nitrogen and oxygen atoms in total. The molecule has 53 heavy (non-hydrogen) atoms. The summed E-state index contributed by atoms with van der Waals surface area (Å²) in [6, 6.07) is 0. The Hall–Kier alpha value is -1.44. The second-order valence-electron chi connectivity index (χ2n) is 17.9. The number of Topliss-reactive ketones (excluding diaryl/α,β-unsaturated/α-hetero) is 1. The molecule has 18 atom stereocenters. The van der Waals surface area contributed by atoms with Crippen LogP contribution in [0.5, 0.6) is 0 Å². The van der Waals surface area contributed by atoms with E-state index in [9.17, 15) is 30.0 Å². The second-order valence-corrected chi connectivity index (χ2v) is 17.9. The van der Waals surface area contributed by atoms with Gasteiger partial charge in [0.25, 0.3) is 0 Å². The van der Waals surface area contributed by atoms with Gasteiger partial charge in [-0.15, -0.1) is 0 Å². The number of aliphatic carboxylic acids is 1. The summed E-state index contributed by atoms with van der Waals surface area (Å²) in [4.78, 5) is 26.4. The van der Waals surface area contributed by atoms with Crippen molar-refractivity contribution in [2.75, 3.05) is 0 Å². The Labute approximate surface area is 317 Å². The van der Waals surface area contributed by atoms with Crippen molar-refractivity contribution in [1.82, 2.24) is 0 Å². The lowest BCUT2D eigenvalue weighted by Gasteiger charge is -2.54. The highest BCUT2D eigenvalue weighted by Gasteiger charge is 2.63. The third kappa shape index (κ3) is 7.94. The number of rotatable bonds is 12. The average molecular weight is 751 g/mol. The molecule has 0 aromatic rings. The standard InChI is InChI=1S/C42H70O11/c1-11-29(38(46)47)31-15-14-23(4)36(50-31)27(8)34(44)26(7)35(45)30(12-2)37-24(5)22-25(6)41(51-37)19-16-32(43)42(53-41)21-20-39(10,52-42)33-17-18-40(48,13-3)28(9)49-33/h16,19,23-34,36-37,43-44,48H,11-15,17-18,20-22H2,1-10H3,(H,46,47)/t23-,24-,25+,26-,27-,28-,29-,30-,31+,32+,33+,34+,36+,37?,39-,40+,41?,42-/m0/s1. The van der Waals surface area contributed by atoms with Crippen molar-refractivity contribution in [3.05, 3.63) is 12.2 Å². The fourth-order valence-electron chi connectivity index (χ4n) is 10.5. The summed E-state index contributed by atoms with van der Waals surface area (Å²) < 4.78 is 33.5. The molecule has 0 bridgehead atoms. The summed E-state index contributed by atoms with van der Waals surface area (Å²) >= 11 is 0. The first-order valence-corrected chi connectivity index (χ1v) is 20.7. The van der Waals surface area contributed by atoms with Crippen LogP contribution in [-0.2, 0) is 33.3 Å². The van der Waals surface area contributed by atoms with E-state index < -0.39 is 76.8 Å². The lowest BCUT2D eigenvalue weighted by atomic mass is 9.72. The molecule has 304 valence electrons. The maximum absolute atomic E-state index is 14.4. The quantitative estimate of drug-likeness (QED) is 0.169. The number of aliphatic hydroxyl groups excluding tert-OH is 2. The van der Waals surface area contributed by atoms with Crippen molar-refractivity contribution in [2.24, 2.45) is 41.4 Å². The largest absolute Gasteiger partial charge is 0.481 e. The molecule has 4 N–H and O–H groups in total. The first kappa shape index (κ1) is 42.7. The predicted molar refractivity (Wildman–Crippen MR) is 199 cm³/mol. The Balaban J connectivity index is 1.31. The smallest absolute Gasteiger partial charge is 0.309 e. The van der Waals surface area contributed by atoms with Gasteiger partial charge >= 0.3 is 5.97 Å². The summed E-state index contributed by atoms with van der Waals surface area (Å²) in [6.45, 7) is 19.6. The van der Waals surface area contributed by atoms with Gasteiger partial charge in [0.2, 0.25) is 5.79 Å². The maximum atomic E-state index is 14.4. The van der Waals surface area contributed by atoms with Crippen molar-refractivity contribution >= 4 is 11.8 Å². The first-order chi connectivity index (χ1) is 24.8. The van der Waals surface area contributed by atoms with Gasteiger partial charge in [0.1, 0.15) is 11.9 Å². The van der Waals surface area contributed by atoms with Gasteiger partial charge in [-0.25, -0.2) is 0 Å². The van der Waals surface area contributed by atoms with Crippen LogP contribution in [0.3, 0.4) is 0 Å². The summed E-state index contributed by atoms with van der Waals surface area (Å²) in [7, 11) is 0. The summed E-state index contributed by atoms with van der Waals surface area (Å²) in [5.74, 6) is -5.78. The van der Waals surface area contributed by atoms with E-state index in [2.05, 4.69) is 20.8 Å². The highest BCUT2D eigenvalue weighted by molar-refractivity contribution is 5.84. The van der Waals surface area contributed by atoms with Crippen LogP contribution in [0.15, 0.2) is 12.2 Å². The van der Waals surface area contributed by atoms with Crippen LogP contribution < -0.4 is 0 Å². The number of ether oxygens (including phenoxy) is 5. The molecular formula is C42H70O11. The van der Waals surface area contributed by atoms with Gasteiger partial charge in [-0.2, -0.15) is 0 Å². The van der Waals surface area contributed by atoms with Gasteiger partial charge in [-0.1, -0.05) is 55.4 Å². The summed E-state index contributed by atoms with van der Waals surface area (Å²) in [6.07, 6.45) is 5.51. The highest BCUT2D eigenvalue weighted by atomic mass is 16.8. The number of carboxylic acid groups (broad SMARTS) is 1. The lowest BCUT2D eigenvalue weighted by Crippen LogP contribution is -2.63. The Morgan fingerprint density at radius 3 is 2.17 bits per heavy atom. The van der Waals surface area contributed by atoms with Crippen molar-refractivity contribution < 1.29 is 53.7 Å². The first-order valence-electron chi connectivity index (χ1n) is 20.7. The Morgan fingerprint density at radius 1 is 0.887 bits per heavy atom. The molecular weight excluding hydrogens is 680 g/mol. The summed E-state index contributed by atoms with van der Waals surface area (Å²) in [5, 5.41) is 44.0. The molecule has 0 aromatic carbocycles. The van der Waals surface area contributed by atoms with Crippen molar-refractivity contribution in [3.8, 4) is 0 Å². The molecule has 4 fully saturated rings. The molecule has 5 heterocycles. The maximum Gasteiger partial charge on any atom is 0.309 e. The fourth-order valence-corrected chi connectivity index (χ4v) is 10.5. The average Bonchev–Trinajstić information content (AvgIpc) is 3.47. The van der Waals surface area contributed by atoms with Gasteiger partial charge in [-0.05, 0) is 95.6 Å². The molecule has 0 amide bonds. The SMILES string of the molecule is CC[C@H](C(=O)O)[C@H]1CC[C@H](C)[C@H]([C@@H](C)[C@H](O)[C@H](C)C(=O)[C@H](CC)C2OC3(C=C[C@@H](O)[C@]4(CC[C@@](C)([C@H]5CC[C@](O)(CC)[C@H](C)O5)O4)O3)[C@H](C)C[C@@H]2C)O1. The lowest BCUT2D eigenvalue weighted by molar-refractivity contribution is -0.409. The number of aliphatic hydroxyl groups is 3. The molecule has 0 aliphatic carbocycles. The van der Waals surface area contributed by atoms with Crippen LogP contribution in [0, 0.1) is 41.4 Å². The molecule has 0 aromatic heterocycles. The van der Waals surface area contributed by atoms with E-state index in [1.54, 1.807) is 19.1 Å². The highest BCUT2D eigenvalue weighted by Crippen LogP contribution is 2.54. The molecule has 5 aliphatic heterocycles. The van der Waals surface area contributed by atoms with Gasteiger partial charge < -0.3 is 44.1 Å². The van der Waals surface area contributed by atoms with Crippen molar-refractivity contribution in [1.29, 1.82) is 0 Å². The number of ketones is 1. The Morgan fingerprint density at radius 2 is 1.57 bits per heavy atom. The fraction of sp³-hybridized carbons (Fsp3) is 0.905. The zero-order valence-corrected chi connectivity index (χ0v) is 34.0. The zero-order chi connectivity index (χ0) is 39.3. The van der Waals surface area contributed by atoms with Gasteiger partial charge in [0.05, 0.1) is 53.7 Å². The third-order valence-electron chi connectivity index (χ3n) is 14.4. The van der Waals surface area contributed by atoms with Crippen LogP contribution in [0.1, 0.15) is 133 Å². The molecule has 2 unspecified atom stereocenters. The number of hydrogen-bond acceptors (Lipinski definition) is 10. The van der Waals surface area contributed by atoms with Crippen LogP contribution in [-0.4, -0.2) is 97.7 Å². The van der Waals surface area contributed by atoms with E-state index in [1.807, 2.05) is 41.5 Å². The molecule has 4 saturated heterocycles. The normalized spacial score (nSPS) is 46.2. The van der Waals surface area contributed by atoms with Crippen LogP contribution in [0.25, 0.3) is 0 Å². The van der Waals surface area contributed by atoms with Crippen LogP contribution >= 0.6 is 0 Å². The van der Waals surface area contributed by atoms with Crippen LogP contribution in [0.4, 0.5) is 0 Å². The number of hydrogen-bond donors (Lipinski definition) is 4. The van der Waals surface area contributed by atoms with E-state index in [4.69, 9.17) is 23.7 Å². The van der Waals surface area contributed by atoms with E-state index in [-0.39, 0.29) is 41.8 Å². The van der Waals surface area contributed by atoms with E-state index in [0.29, 0.717) is 57.8 Å². The minimum absolute atomic E-state index is 0.0137. The Kier molecular flexibility index (Phi) is 13.0. The molecule has 0 radical (unpaired) electrons. The molecule has 5 aliphatic rings. The molecule has 5 rings (SSSR count). The van der Waals surface area contributed by atoms with Crippen molar-refractivity contribution in [2.45, 2.75) is 199 Å². The topological polar surface area (TPSA) is 161 Å². The minimum Gasteiger partial charge on any atom is -0.481 e. The molecule has 2 spiro atoms. The summed E-state index contributed by atoms with van der Waals surface area (Å²) in [5.41, 5.74) is -1.63. The van der Waals surface area contributed by atoms with E-state index >= 15 is 0 Å². The number of carbonyl (C=O) groups excluding carboxylic acids is 1.